The van der Waals surface area contributed by atoms with Crippen molar-refractivity contribution in [1.82, 2.24) is 0 Å². The van der Waals surface area contributed by atoms with Crippen LogP contribution in [-0.2, 0) is 20.4 Å². The molecule has 1 unspecified atom stereocenters. The Labute approximate surface area is 148 Å². The minimum absolute atomic E-state index is 0. The monoisotopic (exact) mass is 345 g/mol. The van der Waals surface area contributed by atoms with Crippen LogP contribution in [0.5, 0.6) is 0 Å². The molecule has 3 heteroatoms. The summed E-state index contributed by atoms with van der Waals surface area (Å²) >= 11 is 2.28. The molecule has 0 amide bonds. The Morgan fingerprint density at radius 3 is 2.35 bits per heavy atom. The summed E-state index contributed by atoms with van der Waals surface area (Å²) in [6, 6.07) is 0. The molecule has 1 atom stereocenters. The van der Waals surface area contributed by atoms with Crippen LogP contribution < -0.4 is 24.8 Å². The van der Waals surface area contributed by atoms with Gasteiger partial charge in [0.25, 0.3) is 0 Å². The SMILES string of the molecule is CC1=CCC(CC2=[C]([Ti+2])CC=C2)(C(C)C)C(C)=C1.[Cl-].[Cl-]. The topological polar surface area (TPSA) is 0 Å². The Bertz CT molecular complexity index is 469. The van der Waals surface area contributed by atoms with E-state index < -0.39 is 0 Å². The van der Waals surface area contributed by atoms with E-state index in [0.29, 0.717) is 11.3 Å². The second-order valence-corrected chi connectivity index (χ2v) is 7.02. The third-order valence-electron chi connectivity index (χ3n) is 4.66. The van der Waals surface area contributed by atoms with Crippen LogP contribution in [0.25, 0.3) is 0 Å². The molecule has 0 aromatic carbocycles. The minimum Gasteiger partial charge on any atom is -1.00 e. The van der Waals surface area contributed by atoms with Crippen molar-refractivity contribution < 1.29 is 45.2 Å². The van der Waals surface area contributed by atoms with E-state index in [1.54, 1.807) is 15.0 Å². The fraction of sp³-hybridized carbons (Fsp3) is 0.529. The maximum Gasteiger partial charge on any atom is -1.00 e. The Morgan fingerprint density at radius 2 is 1.90 bits per heavy atom. The van der Waals surface area contributed by atoms with Gasteiger partial charge in [0.2, 0.25) is 0 Å². The molecule has 2 rings (SSSR count). The van der Waals surface area contributed by atoms with E-state index in [1.807, 2.05) is 0 Å². The molecule has 0 spiro atoms. The normalized spacial score (nSPS) is 25.1. The van der Waals surface area contributed by atoms with E-state index in [1.165, 1.54) is 18.4 Å². The molecule has 0 aromatic heterocycles. The predicted octanol–water partition coefficient (Wildman–Crippen LogP) is -0.916. The minimum atomic E-state index is 0. The van der Waals surface area contributed by atoms with Crippen molar-refractivity contribution in [1.29, 1.82) is 0 Å². The maximum atomic E-state index is 2.42. The summed E-state index contributed by atoms with van der Waals surface area (Å²) < 4.78 is 1.56. The summed E-state index contributed by atoms with van der Waals surface area (Å²) in [4.78, 5) is 0. The number of hydrogen-bond acceptors (Lipinski definition) is 0. The summed E-state index contributed by atoms with van der Waals surface area (Å²) in [7, 11) is 0. The second kappa shape index (κ2) is 8.04. The molecular weight excluding hydrogens is 323 g/mol. The Balaban J connectivity index is 0.00000180. The van der Waals surface area contributed by atoms with Crippen LogP contribution in [0.4, 0.5) is 0 Å². The molecule has 2 aliphatic rings. The standard InChI is InChI=1S/C17H23.2ClH.Ti/c1-13(2)17(12-16-7-5-6-8-16)10-9-14(3)11-15(17)4;;;/h5,7,9,11,13H,6,10,12H2,1-4H3;2*1H;/q;;;+2/p-2. The van der Waals surface area contributed by atoms with Gasteiger partial charge in [0, 0.05) is 0 Å². The zero-order chi connectivity index (χ0) is 13.3. The Kier molecular flexibility index (Phi) is 8.14. The van der Waals surface area contributed by atoms with E-state index >= 15 is 0 Å². The molecule has 20 heavy (non-hydrogen) atoms. The summed E-state index contributed by atoms with van der Waals surface area (Å²) in [6.07, 6.45) is 13.0. The summed E-state index contributed by atoms with van der Waals surface area (Å²) in [6.45, 7) is 9.29. The van der Waals surface area contributed by atoms with Crippen molar-refractivity contribution in [3.63, 3.8) is 0 Å². The van der Waals surface area contributed by atoms with Crippen molar-refractivity contribution in [2.24, 2.45) is 11.3 Å². The molecule has 0 saturated heterocycles. The summed E-state index contributed by atoms with van der Waals surface area (Å²) in [5.41, 5.74) is 4.91. The third-order valence-corrected chi connectivity index (χ3v) is 5.48. The van der Waals surface area contributed by atoms with Gasteiger partial charge in [-0.15, -0.1) is 0 Å². The molecule has 0 heterocycles. The summed E-state index contributed by atoms with van der Waals surface area (Å²) in [5.74, 6) is 0.687. The third kappa shape index (κ3) is 3.92. The maximum absolute atomic E-state index is 2.42. The van der Waals surface area contributed by atoms with Gasteiger partial charge in [0.15, 0.2) is 0 Å². The fourth-order valence-electron chi connectivity index (χ4n) is 3.21. The smallest absolute Gasteiger partial charge is 1.00 e. The van der Waals surface area contributed by atoms with Crippen LogP contribution in [0.1, 0.15) is 47.0 Å². The van der Waals surface area contributed by atoms with Crippen LogP contribution in [0, 0.1) is 11.3 Å². The Hall–Kier alpha value is 0.254. The fourth-order valence-corrected chi connectivity index (χ4v) is 3.66. The number of halogens is 2. The molecule has 0 nitrogen and oxygen atoms in total. The first kappa shape index (κ1) is 20.3. The van der Waals surface area contributed by atoms with E-state index in [2.05, 4.69) is 72.4 Å². The zero-order valence-corrected chi connectivity index (χ0v) is 15.8. The molecule has 0 radical (unpaired) electrons. The zero-order valence-electron chi connectivity index (χ0n) is 12.8. The van der Waals surface area contributed by atoms with Crippen LogP contribution in [0.3, 0.4) is 0 Å². The molecule has 109 valence electrons. The number of hydrogen-bond donors (Lipinski definition) is 0. The van der Waals surface area contributed by atoms with Gasteiger partial charge in [-0.25, -0.2) is 0 Å². The average molecular weight is 346 g/mol. The molecule has 0 saturated carbocycles. The number of allylic oxidation sites excluding steroid dienone is 8. The van der Waals surface area contributed by atoms with Crippen molar-refractivity contribution >= 4 is 0 Å². The molecule has 0 aromatic rings. The molecule has 0 aliphatic heterocycles. The van der Waals surface area contributed by atoms with Crippen LogP contribution in [0.15, 0.2) is 44.9 Å². The molecule has 0 bridgehead atoms. The first-order valence-electron chi connectivity index (χ1n) is 6.91. The molecule has 0 N–H and O–H groups in total. The second-order valence-electron chi connectivity index (χ2n) is 6.08. The van der Waals surface area contributed by atoms with Gasteiger partial charge in [-0.2, -0.15) is 0 Å². The van der Waals surface area contributed by atoms with Gasteiger partial charge < -0.3 is 24.8 Å². The van der Waals surface area contributed by atoms with Gasteiger partial charge in [-0.1, -0.05) is 0 Å². The van der Waals surface area contributed by atoms with Crippen molar-refractivity contribution in [2.75, 3.05) is 0 Å². The molecule has 2 aliphatic carbocycles. The van der Waals surface area contributed by atoms with E-state index in [4.69, 9.17) is 0 Å². The predicted molar refractivity (Wildman–Crippen MR) is 74.8 cm³/mol. The Morgan fingerprint density at radius 1 is 1.25 bits per heavy atom. The van der Waals surface area contributed by atoms with E-state index in [0.717, 1.165) is 6.42 Å². The van der Waals surface area contributed by atoms with Crippen LogP contribution in [0.2, 0.25) is 0 Å². The van der Waals surface area contributed by atoms with Gasteiger partial charge in [-0.05, 0) is 0 Å². The van der Waals surface area contributed by atoms with E-state index in [-0.39, 0.29) is 24.8 Å². The van der Waals surface area contributed by atoms with Gasteiger partial charge in [0.05, 0.1) is 0 Å². The first-order chi connectivity index (χ1) is 8.45. The largest absolute Gasteiger partial charge is 1.00 e. The average Bonchev–Trinajstić information content (AvgIpc) is 2.68. The molecule has 0 fully saturated rings. The van der Waals surface area contributed by atoms with Crippen molar-refractivity contribution in [3.05, 3.63) is 44.9 Å². The van der Waals surface area contributed by atoms with E-state index in [9.17, 15) is 0 Å². The van der Waals surface area contributed by atoms with Crippen molar-refractivity contribution in [3.8, 4) is 0 Å². The van der Waals surface area contributed by atoms with Gasteiger partial charge >= 0.3 is 124 Å². The number of rotatable bonds is 3. The van der Waals surface area contributed by atoms with Crippen LogP contribution in [-0.4, -0.2) is 0 Å². The first-order valence-corrected chi connectivity index (χ1v) is 7.69. The van der Waals surface area contributed by atoms with Crippen molar-refractivity contribution in [2.45, 2.75) is 47.0 Å². The summed E-state index contributed by atoms with van der Waals surface area (Å²) in [5, 5.41) is 0. The quantitative estimate of drug-likeness (QED) is 0.581. The van der Waals surface area contributed by atoms with Crippen LogP contribution >= 0.6 is 0 Å². The van der Waals surface area contributed by atoms with Gasteiger partial charge in [-0.3, -0.25) is 0 Å². The molecular formula is C17H23Cl2Ti. The van der Waals surface area contributed by atoms with Gasteiger partial charge in [0.1, 0.15) is 0 Å².